The summed E-state index contributed by atoms with van der Waals surface area (Å²) in [7, 11) is 0. The average Bonchev–Trinajstić information content (AvgIpc) is 1.63. The minimum atomic E-state index is -0.752. The Bertz CT molecular complexity index is 95.0. The molecule has 3 nitrogen and oxygen atoms in total. The second-order valence-electron chi connectivity index (χ2n) is 1.72. The van der Waals surface area contributed by atoms with Crippen LogP contribution in [0.4, 0.5) is 0 Å². The van der Waals surface area contributed by atoms with Crippen molar-refractivity contribution >= 4 is 18.5 Å². The zero-order valence-corrected chi connectivity index (χ0v) is 6.19. The molecule has 0 radical (unpaired) electrons. The highest BCUT2D eigenvalue weighted by molar-refractivity contribution is 7.80. The van der Waals surface area contributed by atoms with Crippen molar-refractivity contribution < 1.29 is 9.90 Å². The standard InChI is InChI=1S/C5H11NO2S/c1-4(7)6-5(8)2-3-9/h4,7,9H,2-3H2,1H3,(H,6,8). The van der Waals surface area contributed by atoms with E-state index in [4.69, 9.17) is 5.11 Å². The number of hydrogen-bond donors (Lipinski definition) is 3. The lowest BCUT2D eigenvalue weighted by molar-refractivity contribution is -0.123. The predicted molar refractivity (Wildman–Crippen MR) is 38.3 cm³/mol. The van der Waals surface area contributed by atoms with Crippen LogP contribution < -0.4 is 5.32 Å². The van der Waals surface area contributed by atoms with E-state index in [0.717, 1.165) is 0 Å². The molecule has 0 aliphatic heterocycles. The Hall–Kier alpha value is -0.220. The second kappa shape index (κ2) is 4.64. The SMILES string of the molecule is CC(O)NC(=O)CCS. The normalized spacial score (nSPS) is 12.8. The van der Waals surface area contributed by atoms with Gasteiger partial charge in [0, 0.05) is 6.42 Å². The minimum Gasteiger partial charge on any atom is -0.374 e. The van der Waals surface area contributed by atoms with E-state index in [-0.39, 0.29) is 5.91 Å². The van der Waals surface area contributed by atoms with Gasteiger partial charge in [-0.3, -0.25) is 4.79 Å². The Morgan fingerprint density at radius 3 is 2.78 bits per heavy atom. The molecular formula is C5H11NO2S. The molecule has 0 fully saturated rings. The van der Waals surface area contributed by atoms with Crippen LogP contribution in [0.15, 0.2) is 0 Å². The Kier molecular flexibility index (Phi) is 4.53. The number of hydrogen-bond acceptors (Lipinski definition) is 3. The molecule has 0 rings (SSSR count). The smallest absolute Gasteiger partial charge is 0.222 e. The third-order valence-electron chi connectivity index (χ3n) is 0.709. The number of carbonyl (C=O) groups excluding carboxylic acids is 1. The predicted octanol–water partition coefficient (Wildman–Crippen LogP) is -0.239. The Balaban J connectivity index is 3.27. The zero-order valence-electron chi connectivity index (χ0n) is 5.29. The summed E-state index contributed by atoms with van der Waals surface area (Å²) < 4.78 is 0. The third kappa shape index (κ3) is 5.65. The highest BCUT2D eigenvalue weighted by Gasteiger charge is 2.00. The summed E-state index contributed by atoms with van der Waals surface area (Å²) in [4.78, 5) is 10.5. The van der Waals surface area contributed by atoms with Gasteiger partial charge in [-0.1, -0.05) is 0 Å². The van der Waals surface area contributed by atoms with Gasteiger partial charge in [0.25, 0.3) is 0 Å². The number of aliphatic hydroxyl groups excluding tert-OH is 1. The lowest BCUT2D eigenvalue weighted by Gasteiger charge is -2.04. The maximum absolute atomic E-state index is 10.5. The molecule has 0 aliphatic rings. The highest BCUT2D eigenvalue weighted by atomic mass is 32.1. The van der Waals surface area contributed by atoms with E-state index < -0.39 is 6.23 Å². The van der Waals surface area contributed by atoms with Gasteiger partial charge in [0.2, 0.25) is 5.91 Å². The second-order valence-corrected chi connectivity index (χ2v) is 2.16. The molecule has 1 atom stereocenters. The highest BCUT2D eigenvalue weighted by Crippen LogP contribution is 1.83. The van der Waals surface area contributed by atoms with Crippen LogP contribution in [0, 0.1) is 0 Å². The summed E-state index contributed by atoms with van der Waals surface area (Å²) in [5.74, 6) is 0.346. The lowest BCUT2D eigenvalue weighted by atomic mass is 10.4. The van der Waals surface area contributed by atoms with Gasteiger partial charge in [0.15, 0.2) is 0 Å². The molecule has 54 valence electrons. The maximum atomic E-state index is 10.5. The molecule has 0 bridgehead atoms. The molecule has 0 saturated heterocycles. The summed E-state index contributed by atoms with van der Waals surface area (Å²) >= 11 is 3.84. The molecule has 1 unspecified atom stereocenters. The van der Waals surface area contributed by atoms with E-state index in [0.29, 0.717) is 12.2 Å². The van der Waals surface area contributed by atoms with E-state index in [2.05, 4.69) is 17.9 Å². The van der Waals surface area contributed by atoms with Crippen molar-refractivity contribution in [2.24, 2.45) is 0 Å². The minimum absolute atomic E-state index is 0.167. The Labute approximate surface area is 59.9 Å². The number of amides is 1. The van der Waals surface area contributed by atoms with Crippen LogP contribution in [0.2, 0.25) is 0 Å². The van der Waals surface area contributed by atoms with Crippen LogP contribution in [0.25, 0.3) is 0 Å². The molecule has 9 heavy (non-hydrogen) atoms. The first-order chi connectivity index (χ1) is 4.16. The first kappa shape index (κ1) is 8.78. The number of thiol groups is 1. The van der Waals surface area contributed by atoms with Crippen LogP contribution in [0.3, 0.4) is 0 Å². The molecule has 1 amide bonds. The van der Waals surface area contributed by atoms with Gasteiger partial charge in [0.05, 0.1) is 0 Å². The summed E-state index contributed by atoms with van der Waals surface area (Å²) in [6.07, 6.45) is -0.397. The number of nitrogens with one attached hydrogen (secondary N) is 1. The van der Waals surface area contributed by atoms with Gasteiger partial charge >= 0.3 is 0 Å². The molecule has 4 heteroatoms. The van der Waals surface area contributed by atoms with Crippen molar-refractivity contribution in [2.75, 3.05) is 5.75 Å². The summed E-state index contributed by atoms with van der Waals surface area (Å²) in [5, 5.41) is 10.9. The van der Waals surface area contributed by atoms with E-state index in [1.807, 2.05) is 0 Å². The number of rotatable bonds is 3. The zero-order chi connectivity index (χ0) is 7.28. The molecule has 0 heterocycles. The van der Waals surface area contributed by atoms with Crippen molar-refractivity contribution in [3.05, 3.63) is 0 Å². The molecule has 2 N–H and O–H groups in total. The topological polar surface area (TPSA) is 49.3 Å². The van der Waals surface area contributed by atoms with Crippen LogP contribution in [-0.2, 0) is 4.79 Å². The molecule has 0 aliphatic carbocycles. The van der Waals surface area contributed by atoms with Gasteiger partial charge in [-0.15, -0.1) is 0 Å². The number of carbonyl (C=O) groups is 1. The van der Waals surface area contributed by atoms with E-state index in [1.165, 1.54) is 6.92 Å². The Morgan fingerprint density at radius 1 is 1.89 bits per heavy atom. The van der Waals surface area contributed by atoms with Crippen molar-refractivity contribution in [3.8, 4) is 0 Å². The van der Waals surface area contributed by atoms with Gasteiger partial charge in [-0.25, -0.2) is 0 Å². The van der Waals surface area contributed by atoms with Crippen molar-refractivity contribution in [3.63, 3.8) is 0 Å². The first-order valence-electron chi connectivity index (χ1n) is 2.75. The van der Waals surface area contributed by atoms with Crippen LogP contribution >= 0.6 is 12.6 Å². The molecule has 0 aromatic heterocycles. The molecular weight excluding hydrogens is 138 g/mol. The van der Waals surface area contributed by atoms with E-state index in [9.17, 15) is 4.79 Å². The first-order valence-corrected chi connectivity index (χ1v) is 3.38. The molecule has 0 aromatic carbocycles. The average molecular weight is 149 g/mol. The van der Waals surface area contributed by atoms with Gasteiger partial charge < -0.3 is 10.4 Å². The monoisotopic (exact) mass is 149 g/mol. The van der Waals surface area contributed by atoms with E-state index >= 15 is 0 Å². The third-order valence-corrected chi connectivity index (χ3v) is 0.932. The summed E-state index contributed by atoms with van der Waals surface area (Å²) in [5.41, 5.74) is 0. The van der Waals surface area contributed by atoms with Crippen LogP contribution in [-0.4, -0.2) is 23.0 Å². The van der Waals surface area contributed by atoms with E-state index in [1.54, 1.807) is 0 Å². The maximum Gasteiger partial charge on any atom is 0.222 e. The molecule has 0 saturated carbocycles. The fourth-order valence-corrected chi connectivity index (χ4v) is 0.610. The fraction of sp³-hybridized carbons (Fsp3) is 0.800. The fourth-order valence-electron chi connectivity index (χ4n) is 0.407. The lowest BCUT2D eigenvalue weighted by Crippen LogP contribution is -2.32. The van der Waals surface area contributed by atoms with Crippen molar-refractivity contribution in [1.82, 2.24) is 5.32 Å². The summed E-state index contributed by atoms with van der Waals surface area (Å²) in [6, 6.07) is 0. The van der Waals surface area contributed by atoms with Gasteiger partial charge in [-0.2, -0.15) is 12.6 Å². The largest absolute Gasteiger partial charge is 0.374 e. The Morgan fingerprint density at radius 2 is 2.44 bits per heavy atom. The molecule has 0 spiro atoms. The molecule has 0 aromatic rings. The number of aliphatic hydroxyl groups is 1. The summed E-state index contributed by atoms with van der Waals surface area (Å²) in [6.45, 7) is 1.50. The van der Waals surface area contributed by atoms with Gasteiger partial charge in [0.1, 0.15) is 6.23 Å². The van der Waals surface area contributed by atoms with Crippen LogP contribution in [0.1, 0.15) is 13.3 Å². The van der Waals surface area contributed by atoms with Crippen molar-refractivity contribution in [2.45, 2.75) is 19.6 Å². The van der Waals surface area contributed by atoms with Crippen molar-refractivity contribution in [1.29, 1.82) is 0 Å². The van der Waals surface area contributed by atoms with Gasteiger partial charge in [-0.05, 0) is 12.7 Å². The quantitative estimate of drug-likeness (QED) is 0.383. The van der Waals surface area contributed by atoms with Crippen LogP contribution in [0.5, 0.6) is 0 Å².